The van der Waals surface area contributed by atoms with Crippen molar-refractivity contribution in [1.29, 1.82) is 0 Å². The Morgan fingerprint density at radius 1 is 1.46 bits per heavy atom. The summed E-state index contributed by atoms with van der Waals surface area (Å²) in [5.41, 5.74) is 0.531. The summed E-state index contributed by atoms with van der Waals surface area (Å²) in [7, 11) is 0. The molecule has 24 heavy (non-hydrogen) atoms. The molecule has 0 aromatic carbocycles. The number of nitrogens with zero attached hydrogens (tertiary/aromatic N) is 4. The fourth-order valence-corrected chi connectivity index (χ4v) is 2.75. The molecule has 2 amide bonds. The second kappa shape index (κ2) is 6.60. The number of aryl methyl sites for hydroxylation is 1. The maximum atomic E-state index is 12.7. The van der Waals surface area contributed by atoms with Crippen LogP contribution in [-0.2, 0) is 4.74 Å². The third-order valence-corrected chi connectivity index (χ3v) is 4.30. The minimum atomic E-state index is -0.285. The number of amides is 2. The van der Waals surface area contributed by atoms with Crippen LogP contribution in [0.15, 0.2) is 30.5 Å². The number of hydrogen-bond acceptors (Lipinski definition) is 4. The number of ether oxygens (including phenoxy) is 1. The summed E-state index contributed by atoms with van der Waals surface area (Å²) in [6.45, 7) is 7.70. The van der Waals surface area contributed by atoms with Crippen molar-refractivity contribution in [3.63, 3.8) is 0 Å². The second-order valence-electron chi connectivity index (χ2n) is 6.27. The van der Waals surface area contributed by atoms with Gasteiger partial charge in [0.1, 0.15) is 5.82 Å². The molecule has 1 atom stereocenters. The number of nitrogens with one attached hydrogen (secondary N) is 1. The fraction of sp³-hybridized carbons (Fsp3) is 0.471. The van der Waals surface area contributed by atoms with Gasteiger partial charge < -0.3 is 9.64 Å². The van der Waals surface area contributed by atoms with Crippen LogP contribution in [-0.4, -0.2) is 51.0 Å². The number of carbonyl (C=O) groups excluding carboxylic acids is 1. The molecule has 0 aliphatic carbocycles. The lowest BCUT2D eigenvalue weighted by atomic mass is 10.0. The van der Waals surface area contributed by atoms with E-state index in [-0.39, 0.29) is 11.6 Å². The molecule has 3 rings (SSSR count). The van der Waals surface area contributed by atoms with Gasteiger partial charge in [0.2, 0.25) is 0 Å². The van der Waals surface area contributed by atoms with Gasteiger partial charge in [-0.05, 0) is 32.4 Å². The van der Waals surface area contributed by atoms with E-state index in [4.69, 9.17) is 4.74 Å². The minimum Gasteiger partial charge on any atom is -0.372 e. The third kappa shape index (κ3) is 3.41. The van der Waals surface area contributed by atoms with Gasteiger partial charge in [-0.25, -0.2) is 9.78 Å². The fourth-order valence-electron chi connectivity index (χ4n) is 2.75. The van der Waals surface area contributed by atoms with Crippen LogP contribution >= 0.6 is 0 Å². The molecule has 0 saturated carbocycles. The van der Waals surface area contributed by atoms with Crippen molar-refractivity contribution in [2.24, 2.45) is 0 Å². The molecule has 7 nitrogen and oxygen atoms in total. The quantitative estimate of drug-likeness (QED) is 0.939. The summed E-state index contributed by atoms with van der Waals surface area (Å²) in [6.07, 6.45) is 2.56. The number of anilines is 1. The number of morpholine rings is 1. The molecule has 0 spiro atoms. The SMILES string of the molecule is CCC1(C)CN(C(=O)Nc2cc(C)nn2-c2ccccn2)CCO1. The van der Waals surface area contributed by atoms with Gasteiger partial charge in [0.25, 0.3) is 0 Å². The maximum absolute atomic E-state index is 12.7. The number of aromatic nitrogens is 3. The van der Waals surface area contributed by atoms with Crippen LogP contribution in [0, 0.1) is 6.92 Å². The first-order valence-corrected chi connectivity index (χ1v) is 8.19. The first kappa shape index (κ1) is 16.4. The van der Waals surface area contributed by atoms with Crippen molar-refractivity contribution in [3.05, 3.63) is 36.2 Å². The Bertz CT molecular complexity index is 715. The zero-order valence-corrected chi connectivity index (χ0v) is 14.3. The topological polar surface area (TPSA) is 72.3 Å². The molecule has 128 valence electrons. The molecule has 1 fully saturated rings. The van der Waals surface area contributed by atoms with E-state index in [9.17, 15) is 4.79 Å². The van der Waals surface area contributed by atoms with Crippen LogP contribution < -0.4 is 5.32 Å². The Kier molecular flexibility index (Phi) is 4.53. The number of carbonyl (C=O) groups is 1. The summed E-state index contributed by atoms with van der Waals surface area (Å²) in [5.74, 6) is 1.28. The van der Waals surface area contributed by atoms with E-state index in [0.29, 0.717) is 31.3 Å². The molecule has 0 radical (unpaired) electrons. The van der Waals surface area contributed by atoms with Crippen LogP contribution in [0.5, 0.6) is 0 Å². The largest absolute Gasteiger partial charge is 0.372 e. The van der Waals surface area contributed by atoms with Crippen molar-refractivity contribution in [1.82, 2.24) is 19.7 Å². The number of hydrogen-bond donors (Lipinski definition) is 1. The molecule has 1 aliphatic heterocycles. The predicted octanol–water partition coefficient (Wildman–Crippen LogP) is 2.61. The average Bonchev–Trinajstić information content (AvgIpc) is 2.96. The van der Waals surface area contributed by atoms with E-state index in [1.807, 2.05) is 38.1 Å². The second-order valence-corrected chi connectivity index (χ2v) is 6.27. The maximum Gasteiger partial charge on any atom is 0.323 e. The van der Waals surface area contributed by atoms with E-state index in [1.54, 1.807) is 15.8 Å². The Morgan fingerprint density at radius 3 is 3.00 bits per heavy atom. The van der Waals surface area contributed by atoms with Gasteiger partial charge >= 0.3 is 6.03 Å². The molecule has 1 unspecified atom stereocenters. The summed E-state index contributed by atoms with van der Waals surface area (Å²) in [6, 6.07) is 7.28. The van der Waals surface area contributed by atoms with Crippen molar-refractivity contribution in [3.8, 4) is 5.82 Å². The van der Waals surface area contributed by atoms with E-state index < -0.39 is 0 Å². The summed E-state index contributed by atoms with van der Waals surface area (Å²) in [5, 5.41) is 7.37. The highest BCUT2D eigenvalue weighted by Crippen LogP contribution is 2.22. The molecule has 2 aromatic rings. The van der Waals surface area contributed by atoms with Gasteiger partial charge in [-0.3, -0.25) is 5.32 Å². The Balaban J connectivity index is 1.78. The zero-order chi connectivity index (χ0) is 17.2. The number of pyridine rings is 1. The Labute approximate surface area is 141 Å². The molecule has 1 saturated heterocycles. The molecule has 3 heterocycles. The van der Waals surface area contributed by atoms with Crippen LogP contribution in [0.2, 0.25) is 0 Å². The van der Waals surface area contributed by atoms with Crippen molar-refractivity contribution >= 4 is 11.8 Å². The smallest absolute Gasteiger partial charge is 0.323 e. The first-order valence-electron chi connectivity index (χ1n) is 8.19. The Morgan fingerprint density at radius 2 is 2.29 bits per heavy atom. The third-order valence-electron chi connectivity index (χ3n) is 4.30. The van der Waals surface area contributed by atoms with Crippen LogP contribution in [0.3, 0.4) is 0 Å². The zero-order valence-electron chi connectivity index (χ0n) is 14.3. The summed E-state index contributed by atoms with van der Waals surface area (Å²) in [4.78, 5) is 18.7. The average molecular weight is 329 g/mol. The van der Waals surface area contributed by atoms with Gasteiger partial charge in [-0.2, -0.15) is 9.78 Å². The highest BCUT2D eigenvalue weighted by molar-refractivity contribution is 5.89. The molecular formula is C17H23N5O2. The lowest BCUT2D eigenvalue weighted by Crippen LogP contribution is -2.53. The monoisotopic (exact) mass is 329 g/mol. The standard InChI is InChI=1S/C17H23N5O2/c1-4-17(3)12-21(9-10-24-17)16(23)19-15-11-13(2)20-22(15)14-7-5-6-8-18-14/h5-8,11H,4,9-10,12H2,1-3H3,(H,19,23). The number of rotatable bonds is 3. The normalized spacial score (nSPS) is 20.9. The lowest BCUT2D eigenvalue weighted by Gasteiger charge is -2.39. The van der Waals surface area contributed by atoms with Gasteiger partial charge in [0.15, 0.2) is 5.82 Å². The number of urea groups is 1. The Hall–Kier alpha value is -2.41. The van der Waals surface area contributed by atoms with Crippen molar-refractivity contribution in [2.75, 3.05) is 25.0 Å². The van der Waals surface area contributed by atoms with Crippen LogP contribution in [0.25, 0.3) is 5.82 Å². The van der Waals surface area contributed by atoms with Crippen molar-refractivity contribution in [2.45, 2.75) is 32.8 Å². The van der Waals surface area contributed by atoms with Gasteiger partial charge in [-0.1, -0.05) is 13.0 Å². The summed E-state index contributed by atoms with van der Waals surface area (Å²) >= 11 is 0. The molecule has 1 aliphatic rings. The van der Waals surface area contributed by atoms with Crippen molar-refractivity contribution < 1.29 is 9.53 Å². The van der Waals surface area contributed by atoms with Gasteiger partial charge in [0.05, 0.1) is 24.4 Å². The summed E-state index contributed by atoms with van der Waals surface area (Å²) < 4.78 is 7.44. The highest BCUT2D eigenvalue weighted by atomic mass is 16.5. The molecular weight excluding hydrogens is 306 g/mol. The van der Waals surface area contributed by atoms with Crippen LogP contribution in [0.4, 0.5) is 10.6 Å². The first-order chi connectivity index (χ1) is 11.5. The molecule has 0 bridgehead atoms. The van der Waals surface area contributed by atoms with Gasteiger partial charge in [0, 0.05) is 18.8 Å². The van der Waals surface area contributed by atoms with Crippen LogP contribution in [0.1, 0.15) is 26.0 Å². The molecule has 1 N–H and O–H groups in total. The van der Waals surface area contributed by atoms with Gasteiger partial charge in [-0.15, -0.1) is 0 Å². The van der Waals surface area contributed by atoms with E-state index in [2.05, 4.69) is 22.3 Å². The lowest BCUT2D eigenvalue weighted by molar-refractivity contribution is -0.0860. The molecule has 2 aromatic heterocycles. The predicted molar refractivity (Wildman–Crippen MR) is 91.3 cm³/mol. The minimum absolute atomic E-state index is 0.143. The van der Waals surface area contributed by atoms with E-state index >= 15 is 0 Å². The molecule has 7 heteroatoms. The highest BCUT2D eigenvalue weighted by Gasteiger charge is 2.33. The van der Waals surface area contributed by atoms with E-state index in [1.165, 1.54) is 0 Å². The van der Waals surface area contributed by atoms with E-state index in [0.717, 1.165) is 12.1 Å².